The Balaban J connectivity index is 1.72. The summed E-state index contributed by atoms with van der Waals surface area (Å²) in [6, 6.07) is 17.6. The number of aromatic nitrogens is 2. The number of aromatic amines is 1. The fourth-order valence-corrected chi connectivity index (χ4v) is 4.68. The SMILES string of the molecule is O=C(NCc1ccnc(Cl)c1)c1[nH]c2ccc(Cl)cc2c1[S+]([O-])c1ccccc1. The van der Waals surface area contributed by atoms with E-state index in [0.29, 0.717) is 30.9 Å². The molecule has 2 N–H and O–H groups in total. The lowest BCUT2D eigenvalue weighted by Gasteiger charge is -2.11. The molecule has 0 aliphatic rings. The topological polar surface area (TPSA) is 80.8 Å². The summed E-state index contributed by atoms with van der Waals surface area (Å²) >= 11 is 10.5. The normalized spacial score (nSPS) is 12.1. The highest BCUT2D eigenvalue weighted by atomic mass is 35.5. The maximum Gasteiger partial charge on any atom is 0.273 e. The van der Waals surface area contributed by atoms with Crippen molar-refractivity contribution in [2.24, 2.45) is 0 Å². The fourth-order valence-electron chi connectivity index (χ4n) is 2.98. The zero-order valence-electron chi connectivity index (χ0n) is 15.0. The minimum Gasteiger partial charge on any atom is -0.606 e. The van der Waals surface area contributed by atoms with Crippen molar-refractivity contribution in [3.05, 3.63) is 88.3 Å². The van der Waals surface area contributed by atoms with Crippen molar-refractivity contribution in [2.75, 3.05) is 0 Å². The first-order valence-electron chi connectivity index (χ1n) is 8.69. The van der Waals surface area contributed by atoms with Gasteiger partial charge in [-0.25, -0.2) is 4.98 Å². The molecule has 4 rings (SSSR count). The molecule has 1 amide bonds. The highest BCUT2D eigenvalue weighted by molar-refractivity contribution is 7.91. The molecule has 29 heavy (non-hydrogen) atoms. The minimum absolute atomic E-state index is 0.240. The molecular formula is C21H15Cl2N3O2S. The number of nitrogens with one attached hydrogen (secondary N) is 2. The van der Waals surface area contributed by atoms with E-state index in [0.717, 1.165) is 5.56 Å². The number of carbonyl (C=O) groups excluding carboxylic acids is 1. The number of halogens is 2. The van der Waals surface area contributed by atoms with Gasteiger partial charge in [-0.15, -0.1) is 0 Å². The van der Waals surface area contributed by atoms with E-state index in [1.807, 2.05) is 18.2 Å². The summed E-state index contributed by atoms with van der Waals surface area (Å²) in [6.07, 6.45) is 1.57. The lowest BCUT2D eigenvalue weighted by atomic mass is 10.2. The number of H-pyrrole nitrogens is 1. The molecule has 1 unspecified atom stereocenters. The van der Waals surface area contributed by atoms with Crippen molar-refractivity contribution in [3.63, 3.8) is 0 Å². The zero-order chi connectivity index (χ0) is 20.4. The molecule has 0 saturated carbocycles. The van der Waals surface area contributed by atoms with Crippen LogP contribution in [0.4, 0.5) is 0 Å². The van der Waals surface area contributed by atoms with Gasteiger partial charge in [0.25, 0.3) is 5.91 Å². The first-order chi connectivity index (χ1) is 14.0. The van der Waals surface area contributed by atoms with Gasteiger partial charge >= 0.3 is 0 Å². The number of hydrogen-bond donors (Lipinski definition) is 2. The van der Waals surface area contributed by atoms with Crippen molar-refractivity contribution in [1.29, 1.82) is 0 Å². The Hall–Kier alpha value is -2.51. The van der Waals surface area contributed by atoms with E-state index in [1.54, 1.807) is 48.7 Å². The maximum atomic E-state index is 13.3. The third-order valence-corrected chi connectivity index (χ3v) is 6.26. The second kappa shape index (κ2) is 8.47. The third-order valence-electron chi connectivity index (χ3n) is 4.33. The van der Waals surface area contributed by atoms with Crippen LogP contribution in [0.15, 0.2) is 76.7 Å². The van der Waals surface area contributed by atoms with E-state index in [2.05, 4.69) is 15.3 Å². The zero-order valence-corrected chi connectivity index (χ0v) is 17.3. The van der Waals surface area contributed by atoms with Crippen LogP contribution in [0.3, 0.4) is 0 Å². The Morgan fingerprint density at radius 3 is 2.66 bits per heavy atom. The molecule has 0 radical (unpaired) electrons. The summed E-state index contributed by atoms with van der Waals surface area (Å²) < 4.78 is 13.3. The first-order valence-corrected chi connectivity index (χ1v) is 10.6. The molecule has 2 aromatic heterocycles. The molecule has 2 heterocycles. The minimum atomic E-state index is -1.56. The number of pyridine rings is 1. The predicted molar refractivity (Wildman–Crippen MR) is 115 cm³/mol. The smallest absolute Gasteiger partial charge is 0.273 e. The average Bonchev–Trinajstić information content (AvgIpc) is 3.11. The van der Waals surface area contributed by atoms with Crippen LogP contribution in [-0.2, 0) is 17.7 Å². The van der Waals surface area contributed by atoms with E-state index < -0.39 is 11.2 Å². The van der Waals surface area contributed by atoms with Crippen molar-refractivity contribution in [1.82, 2.24) is 15.3 Å². The van der Waals surface area contributed by atoms with Crippen molar-refractivity contribution in [2.45, 2.75) is 16.3 Å². The Kier molecular flexibility index (Phi) is 5.78. The van der Waals surface area contributed by atoms with E-state index in [-0.39, 0.29) is 18.1 Å². The Labute approximate surface area is 180 Å². The van der Waals surface area contributed by atoms with Crippen LogP contribution in [-0.4, -0.2) is 20.4 Å². The summed E-state index contributed by atoms with van der Waals surface area (Å²) in [7, 11) is 0. The Morgan fingerprint density at radius 1 is 1.10 bits per heavy atom. The van der Waals surface area contributed by atoms with Crippen LogP contribution in [0, 0.1) is 0 Å². The highest BCUT2D eigenvalue weighted by Crippen LogP contribution is 2.33. The average molecular weight is 444 g/mol. The molecular weight excluding hydrogens is 429 g/mol. The number of hydrogen-bond acceptors (Lipinski definition) is 3. The van der Waals surface area contributed by atoms with Gasteiger partial charge in [-0.3, -0.25) is 4.79 Å². The maximum absolute atomic E-state index is 13.3. The van der Waals surface area contributed by atoms with Crippen LogP contribution in [0.2, 0.25) is 10.2 Å². The van der Waals surface area contributed by atoms with Crippen molar-refractivity contribution >= 4 is 51.2 Å². The molecule has 0 fully saturated rings. The molecule has 4 aromatic rings. The summed E-state index contributed by atoms with van der Waals surface area (Å²) in [5, 5.41) is 4.34. The van der Waals surface area contributed by atoms with Gasteiger partial charge in [0.15, 0.2) is 15.5 Å². The monoisotopic (exact) mass is 443 g/mol. The van der Waals surface area contributed by atoms with E-state index >= 15 is 0 Å². The van der Waals surface area contributed by atoms with Crippen LogP contribution in [0.5, 0.6) is 0 Å². The molecule has 146 valence electrons. The lowest BCUT2D eigenvalue weighted by Crippen LogP contribution is -2.25. The van der Waals surface area contributed by atoms with Gasteiger partial charge in [-0.2, -0.15) is 0 Å². The van der Waals surface area contributed by atoms with Gasteiger partial charge in [-0.1, -0.05) is 41.4 Å². The van der Waals surface area contributed by atoms with Gasteiger partial charge < -0.3 is 14.9 Å². The summed E-state index contributed by atoms with van der Waals surface area (Å²) in [5.74, 6) is -0.371. The number of fused-ring (bicyclic) bond motifs is 1. The molecule has 0 aliphatic carbocycles. The molecule has 0 bridgehead atoms. The van der Waals surface area contributed by atoms with Crippen LogP contribution < -0.4 is 5.32 Å². The quantitative estimate of drug-likeness (QED) is 0.337. The molecule has 0 spiro atoms. The number of carbonyl (C=O) groups is 1. The van der Waals surface area contributed by atoms with Gasteiger partial charge in [0.2, 0.25) is 0 Å². The summed E-state index contributed by atoms with van der Waals surface area (Å²) in [5.41, 5.74) is 1.73. The third kappa shape index (κ3) is 4.26. The van der Waals surface area contributed by atoms with Crippen LogP contribution >= 0.6 is 23.2 Å². The number of benzene rings is 2. The lowest BCUT2D eigenvalue weighted by molar-refractivity contribution is 0.0943. The standard InChI is InChI=1S/C21H15Cl2N3O2S/c22-14-6-7-17-16(11-14)20(29(28)15-4-2-1-3-5-15)19(26-17)21(27)25-12-13-8-9-24-18(23)10-13/h1-11,26H,12H2,(H,25,27). The van der Waals surface area contributed by atoms with Gasteiger partial charge in [-0.05, 0) is 48.0 Å². The fraction of sp³-hybridized carbons (Fsp3) is 0.0476. The highest BCUT2D eigenvalue weighted by Gasteiger charge is 2.29. The van der Waals surface area contributed by atoms with Gasteiger partial charge in [0.1, 0.15) is 5.15 Å². The van der Waals surface area contributed by atoms with Crippen LogP contribution in [0.25, 0.3) is 10.9 Å². The largest absolute Gasteiger partial charge is 0.606 e. The second-order valence-electron chi connectivity index (χ2n) is 6.27. The van der Waals surface area contributed by atoms with E-state index in [4.69, 9.17) is 23.2 Å². The summed E-state index contributed by atoms with van der Waals surface area (Å²) in [4.78, 5) is 21.0. The molecule has 1 atom stereocenters. The number of rotatable bonds is 5. The van der Waals surface area contributed by atoms with Crippen molar-refractivity contribution in [3.8, 4) is 0 Å². The number of nitrogens with zero attached hydrogens (tertiary/aromatic N) is 1. The molecule has 8 heteroatoms. The predicted octanol–water partition coefficient (Wildman–Crippen LogP) is 4.97. The van der Waals surface area contributed by atoms with Crippen molar-refractivity contribution < 1.29 is 9.35 Å². The van der Waals surface area contributed by atoms with Gasteiger partial charge in [0.05, 0.1) is 10.9 Å². The molecule has 0 aliphatic heterocycles. The molecule has 0 saturated heterocycles. The summed E-state index contributed by atoms with van der Waals surface area (Å²) in [6.45, 7) is 0.259. The van der Waals surface area contributed by atoms with E-state index in [1.165, 1.54) is 0 Å². The molecule has 2 aromatic carbocycles. The number of amides is 1. The molecule has 5 nitrogen and oxygen atoms in total. The Morgan fingerprint density at radius 2 is 1.90 bits per heavy atom. The Bertz CT molecular complexity index is 1180. The van der Waals surface area contributed by atoms with Gasteiger partial charge in [0, 0.05) is 28.9 Å². The second-order valence-corrected chi connectivity index (χ2v) is 8.51. The van der Waals surface area contributed by atoms with Crippen LogP contribution in [0.1, 0.15) is 16.1 Å². The van der Waals surface area contributed by atoms with E-state index in [9.17, 15) is 9.35 Å². The first kappa shape index (κ1) is 19.8.